The van der Waals surface area contributed by atoms with Gasteiger partial charge in [-0.1, -0.05) is 6.07 Å². The van der Waals surface area contributed by atoms with E-state index < -0.39 is 5.54 Å². The van der Waals surface area contributed by atoms with E-state index in [0.29, 0.717) is 12.8 Å². The fraction of sp³-hybridized carbons (Fsp3) is 0.278. The lowest BCUT2D eigenvalue weighted by molar-refractivity contribution is -0.126. The van der Waals surface area contributed by atoms with E-state index in [1.54, 1.807) is 21.8 Å². The maximum atomic E-state index is 13.2. The van der Waals surface area contributed by atoms with Crippen LogP contribution in [0, 0.1) is 0 Å². The molecule has 25 heavy (non-hydrogen) atoms. The van der Waals surface area contributed by atoms with E-state index in [1.807, 2.05) is 48.8 Å². The molecule has 0 unspecified atom stereocenters. The number of anilines is 1. The van der Waals surface area contributed by atoms with E-state index in [2.05, 4.69) is 20.8 Å². The Balaban J connectivity index is 1.61. The molecule has 1 amide bonds. The zero-order valence-corrected chi connectivity index (χ0v) is 13.8. The molecule has 0 aliphatic carbocycles. The van der Waals surface area contributed by atoms with Gasteiger partial charge in [-0.15, -0.1) is 0 Å². The van der Waals surface area contributed by atoms with Crippen molar-refractivity contribution in [1.82, 2.24) is 24.9 Å². The minimum atomic E-state index is -0.656. The van der Waals surface area contributed by atoms with Gasteiger partial charge in [-0.05, 0) is 56.3 Å². The van der Waals surface area contributed by atoms with Crippen LogP contribution in [0.1, 0.15) is 12.8 Å². The summed E-state index contributed by atoms with van der Waals surface area (Å²) in [6, 6.07) is 11.4. The Bertz CT molecular complexity index is 834. The lowest BCUT2D eigenvalue weighted by Crippen LogP contribution is -2.52. The lowest BCUT2D eigenvalue weighted by atomic mass is 9.87. The third-order valence-corrected chi connectivity index (χ3v) is 4.67. The van der Waals surface area contributed by atoms with Gasteiger partial charge in [0.2, 0.25) is 0 Å². The predicted octanol–water partition coefficient (Wildman–Crippen LogP) is 1.79. The summed E-state index contributed by atoms with van der Waals surface area (Å²) in [7, 11) is 0. The highest BCUT2D eigenvalue weighted by Crippen LogP contribution is 2.29. The third-order valence-electron chi connectivity index (χ3n) is 4.67. The molecule has 7 nitrogen and oxygen atoms in total. The van der Waals surface area contributed by atoms with Crippen LogP contribution in [0.25, 0.3) is 5.69 Å². The van der Waals surface area contributed by atoms with Crippen LogP contribution in [-0.4, -0.2) is 38.6 Å². The first-order chi connectivity index (χ1) is 12.3. The summed E-state index contributed by atoms with van der Waals surface area (Å²) in [5.74, 6) is -0.0321. The Morgan fingerprint density at radius 3 is 2.60 bits per heavy atom. The summed E-state index contributed by atoms with van der Waals surface area (Å²) in [6.45, 7) is 1.58. The van der Waals surface area contributed by atoms with Crippen LogP contribution in [0.2, 0.25) is 0 Å². The van der Waals surface area contributed by atoms with E-state index >= 15 is 0 Å². The number of nitrogens with zero attached hydrogens (tertiary/aromatic N) is 4. The molecule has 4 rings (SSSR count). The topological polar surface area (TPSA) is 76.8 Å². The number of carbonyl (C=O) groups excluding carboxylic acids is 1. The number of rotatable bonds is 4. The normalized spacial score (nSPS) is 16.5. The van der Waals surface area contributed by atoms with Crippen LogP contribution in [0.15, 0.2) is 61.2 Å². The number of aromatic nitrogens is 4. The summed E-state index contributed by atoms with van der Waals surface area (Å²) in [5.41, 5.74) is 1.00. The Morgan fingerprint density at radius 2 is 1.88 bits per heavy atom. The minimum Gasteiger partial charge on any atom is -0.324 e. The molecule has 2 N–H and O–H groups in total. The van der Waals surface area contributed by atoms with Gasteiger partial charge in [0.15, 0.2) is 0 Å². The van der Waals surface area contributed by atoms with Gasteiger partial charge in [0.05, 0.1) is 5.69 Å². The van der Waals surface area contributed by atoms with Gasteiger partial charge in [-0.25, -0.2) is 4.68 Å². The summed E-state index contributed by atoms with van der Waals surface area (Å²) in [5, 5.41) is 15.0. The Kier molecular flexibility index (Phi) is 4.07. The number of nitrogens with one attached hydrogen (secondary N) is 2. The number of piperidine rings is 1. The van der Waals surface area contributed by atoms with E-state index in [1.165, 1.54) is 0 Å². The second-order valence-electron chi connectivity index (χ2n) is 6.19. The molecule has 128 valence electrons. The van der Waals surface area contributed by atoms with Crippen molar-refractivity contribution in [3.8, 4) is 5.69 Å². The maximum absolute atomic E-state index is 13.2. The first-order valence-corrected chi connectivity index (χ1v) is 8.40. The standard InChI is InChI=1S/C18H20N6O/c25-17(18(6-10-19-11-7-18)24-13-3-9-21-24)22-15-4-1-5-16(14-15)23-12-2-8-20-23/h1-5,8-9,12-14,19H,6-7,10-11H2,(H,22,25). The summed E-state index contributed by atoms with van der Waals surface area (Å²) in [6.07, 6.45) is 8.60. The highest BCUT2D eigenvalue weighted by Gasteiger charge is 2.42. The van der Waals surface area contributed by atoms with Crippen molar-refractivity contribution in [2.75, 3.05) is 18.4 Å². The number of hydrogen-bond donors (Lipinski definition) is 2. The van der Waals surface area contributed by atoms with Crippen LogP contribution in [-0.2, 0) is 10.3 Å². The Hall–Kier alpha value is -2.93. The molecule has 1 fully saturated rings. The van der Waals surface area contributed by atoms with Gasteiger partial charge in [0, 0.05) is 30.5 Å². The van der Waals surface area contributed by atoms with Crippen molar-refractivity contribution in [2.45, 2.75) is 18.4 Å². The SMILES string of the molecule is O=C(Nc1cccc(-n2cccn2)c1)C1(n2cccn2)CCNCC1. The molecule has 7 heteroatoms. The van der Waals surface area contributed by atoms with Crippen molar-refractivity contribution < 1.29 is 4.79 Å². The van der Waals surface area contributed by atoms with Crippen LogP contribution in [0.4, 0.5) is 5.69 Å². The highest BCUT2D eigenvalue weighted by atomic mass is 16.2. The molecule has 0 radical (unpaired) electrons. The van der Waals surface area contributed by atoms with Gasteiger partial charge >= 0.3 is 0 Å². The van der Waals surface area contributed by atoms with Crippen molar-refractivity contribution in [3.05, 3.63) is 61.2 Å². The molecule has 1 aliphatic heterocycles. The van der Waals surface area contributed by atoms with E-state index in [4.69, 9.17) is 0 Å². The number of hydrogen-bond acceptors (Lipinski definition) is 4. The van der Waals surface area contributed by atoms with Crippen molar-refractivity contribution in [2.24, 2.45) is 0 Å². The van der Waals surface area contributed by atoms with Gasteiger partial charge in [0.25, 0.3) is 5.91 Å². The molecular weight excluding hydrogens is 316 g/mol. The zero-order chi connectivity index (χ0) is 17.1. The molecule has 1 saturated heterocycles. The molecular formula is C18H20N6O. The molecule has 3 heterocycles. The van der Waals surface area contributed by atoms with Crippen LogP contribution in [0.5, 0.6) is 0 Å². The van der Waals surface area contributed by atoms with Crippen molar-refractivity contribution in [3.63, 3.8) is 0 Å². The second kappa shape index (κ2) is 6.52. The molecule has 1 aromatic carbocycles. The second-order valence-corrected chi connectivity index (χ2v) is 6.19. The lowest BCUT2D eigenvalue weighted by Gasteiger charge is -2.36. The molecule has 0 bridgehead atoms. The molecule has 0 spiro atoms. The summed E-state index contributed by atoms with van der Waals surface area (Å²) in [4.78, 5) is 13.2. The first-order valence-electron chi connectivity index (χ1n) is 8.40. The minimum absolute atomic E-state index is 0.0321. The van der Waals surface area contributed by atoms with Crippen LogP contribution >= 0.6 is 0 Å². The molecule has 1 aliphatic rings. The van der Waals surface area contributed by atoms with E-state index in [-0.39, 0.29) is 5.91 Å². The monoisotopic (exact) mass is 336 g/mol. The Labute approximate surface area is 145 Å². The molecule has 0 atom stereocenters. The zero-order valence-electron chi connectivity index (χ0n) is 13.8. The average molecular weight is 336 g/mol. The largest absolute Gasteiger partial charge is 0.324 e. The maximum Gasteiger partial charge on any atom is 0.252 e. The number of benzene rings is 1. The van der Waals surface area contributed by atoms with Gasteiger partial charge in [-0.3, -0.25) is 9.48 Å². The molecule has 3 aromatic rings. The van der Waals surface area contributed by atoms with Crippen LogP contribution in [0.3, 0.4) is 0 Å². The average Bonchev–Trinajstić information content (AvgIpc) is 3.36. The van der Waals surface area contributed by atoms with Gasteiger partial charge in [0.1, 0.15) is 5.54 Å². The summed E-state index contributed by atoms with van der Waals surface area (Å²) >= 11 is 0. The predicted molar refractivity (Wildman–Crippen MR) is 94.5 cm³/mol. The Morgan fingerprint density at radius 1 is 1.08 bits per heavy atom. The quantitative estimate of drug-likeness (QED) is 0.761. The van der Waals surface area contributed by atoms with E-state index in [0.717, 1.165) is 24.5 Å². The highest BCUT2D eigenvalue weighted by molar-refractivity contribution is 5.97. The number of amides is 1. The molecule has 0 saturated carbocycles. The van der Waals surface area contributed by atoms with Crippen LogP contribution < -0.4 is 10.6 Å². The third kappa shape index (κ3) is 2.94. The summed E-state index contributed by atoms with van der Waals surface area (Å²) < 4.78 is 3.56. The fourth-order valence-corrected chi connectivity index (χ4v) is 3.32. The van der Waals surface area contributed by atoms with Crippen molar-refractivity contribution in [1.29, 1.82) is 0 Å². The van der Waals surface area contributed by atoms with Gasteiger partial charge < -0.3 is 10.6 Å². The fourth-order valence-electron chi connectivity index (χ4n) is 3.32. The van der Waals surface area contributed by atoms with E-state index in [9.17, 15) is 4.79 Å². The van der Waals surface area contributed by atoms with Gasteiger partial charge in [-0.2, -0.15) is 10.2 Å². The molecule has 2 aromatic heterocycles. The number of carbonyl (C=O) groups is 1. The van der Waals surface area contributed by atoms with Crippen molar-refractivity contribution >= 4 is 11.6 Å². The smallest absolute Gasteiger partial charge is 0.252 e. The first kappa shape index (κ1) is 15.6.